The van der Waals surface area contributed by atoms with Crippen LogP contribution in [0.1, 0.15) is 68.6 Å². The predicted octanol–water partition coefficient (Wildman–Crippen LogP) is 5.49. The van der Waals surface area contributed by atoms with Crippen LogP contribution >= 0.6 is 11.8 Å². The molecule has 2 aromatic carbocycles. The quantitative estimate of drug-likeness (QED) is 0.0623. The van der Waals surface area contributed by atoms with Gasteiger partial charge in [-0.25, -0.2) is 22.9 Å². The van der Waals surface area contributed by atoms with Crippen LogP contribution in [-0.4, -0.2) is 26.4 Å². The lowest BCUT2D eigenvalue weighted by atomic mass is 9.88. The zero-order valence-electron chi connectivity index (χ0n) is 23.4. The maximum absolute atomic E-state index is 14.7. The van der Waals surface area contributed by atoms with Crippen LogP contribution in [0.25, 0.3) is 0 Å². The maximum Gasteiger partial charge on any atom is 0.352 e. The molecule has 224 valence electrons. The number of halogens is 2. The van der Waals surface area contributed by atoms with Crippen LogP contribution < -0.4 is 16.6 Å². The van der Waals surface area contributed by atoms with Gasteiger partial charge in [-0.3, -0.25) is 5.41 Å². The number of aliphatic carboxylic acids is 1. The van der Waals surface area contributed by atoms with Gasteiger partial charge >= 0.3 is 5.97 Å². The number of unbranched alkanes of at least 4 members (excludes halogenated alkanes) is 2. The molecule has 0 saturated heterocycles. The fourth-order valence-corrected chi connectivity index (χ4v) is 5.46. The van der Waals surface area contributed by atoms with E-state index in [1.807, 2.05) is 6.92 Å². The van der Waals surface area contributed by atoms with Crippen molar-refractivity contribution in [1.82, 2.24) is 0 Å². The number of carboxylic acid groups (broad SMARTS) is 1. The van der Waals surface area contributed by atoms with Crippen LogP contribution in [0.2, 0.25) is 0 Å². The van der Waals surface area contributed by atoms with Crippen LogP contribution in [0.3, 0.4) is 0 Å². The van der Waals surface area contributed by atoms with E-state index >= 15 is 0 Å². The summed E-state index contributed by atoms with van der Waals surface area (Å²) < 4.78 is 41.0. The first-order chi connectivity index (χ1) is 20.0. The van der Waals surface area contributed by atoms with Crippen LogP contribution in [-0.2, 0) is 22.2 Å². The lowest BCUT2D eigenvalue weighted by molar-refractivity contribution is -0.132. The van der Waals surface area contributed by atoms with Crippen LogP contribution in [0.4, 0.5) is 8.78 Å². The standard InChI is InChI=1S/C31H36F2N4O3S2/c1-2-3-4-5-6-21-16-22(10-11-25(21)32)30(36)24(14-20-9-12-28(42(37)40)26(33)15-20)23(13-19-7-8-19)17-29(35)41-18-27(34)31(38)39/h9-12,15-16,18-19,29,36H,2-4,7-8,13-14,17,34-35,37H2,1H3,(H,38,39)/b24-23-,27-18-,36-30?. The van der Waals surface area contributed by atoms with E-state index < -0.39 is 34.0 Å². The average Bonchev–Trinajstić information content (AvgIpc) is 3.76. The SMILES string of the molecule is CCCCC#Cc1cc(C(=N)/C(Cc2ccc(S(N)=O)c(F)c2)=C(/CC2CC2)CC(N)S/C=C(\N)C(=O)O)ccc1F. The van der Waals surface area contributed by atoms with E-state index in [4.69, 9.17) is 21.7 Å². The van der Waals surface area contributed by atoms with Crippen LogP contribution in [0, 0.1) is 34.8 Å². The molecule has 1 saturated carbocycles. The Hall–Kier alpha value is -3.30. The van der Waals surface area contributed by atoms with Gasteiger partial charge in [0.2, 0.25) is 0 Å². The Balaban J connectivity index is 2.07. The summed E-state index contributed by atoms with van der Waals surface area (Å²) in [6.07, 6.45) is 5.70. The van der Waals surface area contributed by atoms with Crippen molar-refractivity contribution in [2.45, 2.75) is 68.6 Å². The largest absolute Gasteiger partial charge is 0.477 e. The molecule has 0 spiro atoms. The van der Waals surface area contributed by atoms with Crippen LogP contribution in [0.5, 0.6) is 0 Å². The number of hydrogen-bond donors (Lipinski definition) is 5. The topological polar surface area (TPSA) is 156 Å². The minimum Gasteiger partial charge on any atom is -0.477 e. The zero-order chi connectivity index (χ0) is 30.8. The normalized spacial score (nSPS) is 15.3. The Morgan fingerprint density at radius 3 is 2.60 bits per heavy atom. The van der Waals surface area contributed by atoms with E-state index in [9.17, 15) is 23.2 Å². The van der Waals surface area contributed by atoms with Gasteiger partial charge in [-0.05, 0) is 85.9 Å². The predicted molar refractivity (Wildman–Crippen MR) is 165 cm³/mol. The number of nitrogens with two attached hydrogens (primary N) is 3. The van der Waals surface area contributed by atoms with E-state index in [0.717, 1.165) is 43.0 Å². The smallest absolute Gasteiger partial charge is 0.352 e. The molecule has 8 N–H and O–H groups in total. The summed E-state index contributed by atoms with van der Waals surface area (Å²) in [7, 11) is -1.99. The molecule has 0 amide bonds. The first-order valence-corrected chi connectivity index (χ1v) is 15.8. The Labute approximate surface area is 252 Å². The third kappa shape index (κ3) is 9.91. The van der Waals surface area contributed by atoms with Gasteiger partial charge in [-0.1, -0.05) is 36.8 Å². The van der Waals surface area contributed by atoms with Gasteiger partial charge in [0.25, 0.3) is 0 Å². The highest BCUT2D eigenvalue weighted by Gasteiger charge is 2.27. The van der Waals surface area contributed by atoms with Gasteiger partial charge in [-0.2, -0.15) is 0 Å². The van der Waals surface area contributed by atoms with Gasteiger partial charge in [-0.15, -0.1) is 11.8 Å². The van der Waals surface area contributed by atoms with E-state index in [0.29, 0.717) is 41.9 Å². The van der Waals surface area contributed by atoms with Gasteiger partial charge < -0.3 is 16.6 Å². The zero-order valence-corrected chi connectivity index (χ0v) is 25.1. The minimum absolute atomic E-state index is 0.122. The molecule has 0 radical (unpaired) electrons. The highest BCUT2D eigenvalue weighted by Crippen LogP contribution is 2.39. The first-order valence-electron chi connectivity index (χ1n) is 13.6. The fourth-order valence-electron chi connectivity index (χ4n) is 4.29. The number of thioether (sulfide) groups is 1. The second-order valence-electron chi connectivity index (χ2n) is 10.2. The second kappa shape index (κ2) is 15.8. The number of carbonyl (C=O) groups is 1. The van der Waals surface area contributed by atoms with E-state index in [1.54, 1.807) is 12.1 Å². The lowest BCUT2D eigenvalue weighted by Gasteiger charge is -2.20. The Morgan fingerprint density at radius 2 is 1.98 bits per heavy atom. The Kier molecular flexibility index (Phi) is 12.5. The van der Waals surface area contributed by atoms with Crippen molar-refractivity contribution in [1.29, 1.82) is 5.41 Å². The molecule has 3 rings (SSSR count). The Bertz CT molecular complexity index is 1480. The Morgan fingerprint density at radius 1 is 1.24 bits per heavy atom. The molecule has 2 atom stereocenters. The molecule has 7 nitrogen and oxygen atoms in total. The second-order valence-corrected chi connectivity index (χ2v) is 12.3. The van der Waals surface area contributed by atoms with E-state index in [1.165, 1.54) is 29.7 Å². The summed E-state index contributed by atoms with van der Waals surface area (Å²) in [6.45, 7) is 2.05. The van der Waals surface area contributed by atoms with Gasteiger partial charge in [0.15, 0.2) is 0 Å². The van der Waals surface area contributed by atoms with Crippen molar-refractivity contribution in [3.63, 3.8) is 0 Å². The fraction of sp³-hybridized carbons (Fsp3) is 0.355. The average molecular weight is 615 g/mol. The first kappa shape index (κ1) is 33.2. The third-order valence-corrected chi connectivity index (χ3v) is 8.42. The summed E-state index contributed by atoms with van der Waals surface area (Å²) in [4.78, 5) is 11.0. The van der Waals surface area contributed by atoms with Crippen molar-refractivity contribution < 1.29 is 22.9 Å². The van der Waals surface area contributed by atoms with Crippen molar-refractivity contribution >= 4 is 34.4 Å². The molecule has 0 bridgehead atoms. The molecule has 0 aliphatic heterocycles. The lowest BCUT2D eigenvalue weighted by Crippen LogP contribution is -2.20. The molecule has 2 unspecified atom stereocenters. The molecule has 0 aromatic heterocycles. The highest BCUT2D eigenvalue weighted by atomic mass is 32.2. The number of allylic oxidation sites excluding steroid dienone is 1. The van der Waals surface area contributed by atoms with Gasteiger partial charge in [0.1, 0.15) is 28.3 Å². The van der Waals surface area contributed by atoms with Crippen molar-refractivity contribution in [2.75, 3.05) is 0 Å². The summed E-state index contributed by atoms with van der Waals surface area (Å²) in [5, 5.41) is 24.4. The van der Waals surface area contributed by atoms with Crippen molar-refractivity contribution in [3.05, 3.63) is 87.0 Å². The van der Waals surface area contributed by atoms with Crippen LogP contribution in [0.15, 0.2) is 63.5 Å². The molecular weight excluding hydrogens is 578 g/mol. The molecule has 1 fully saturated rings. The molecular formula is C31H36F2N4O3S2. The molecule has 2 aromatic rings. The number of carboxylic acids is 1. The molecule has 0 heterocycles. The minimum atomic E-state index is -1.99. The highest BCUT2D eigenvalue weighted by molar-refractivity contribution is 8.02. The third-order valence-electron chi connectivity index (χ3n) is 6.75. The number of benzene rings is 2. The summed E-state index contributed by atoms with van der Waals surface area (Å²) in [6, 6.07) is 8.60. The van der Waals surface area contributed by atoms with E-state index in [-0.39, 0.29) is 28.3 Å². The van der Waals surface area contributed by atoms with Gasteiger partial charge in [0, 0.05) is 17.4 Å². The van der Waals surface area contributed by atoms with Crippen molar-refractivity contribution in [3.8, 4) is 11.8 Å². The molecule has 11 heteroatoms. The summed E-state index contributed by atoms with van der Waals surface area (Å²) in [5.41, 5.74) is 14.4. The number of hydrogen-bond acceptors (Lipinski definition) is 6. The molecule has 42 heavy (non-hydrogen) atoms. The molecule has 1 aliphatic carbocycles. The number of rotatable bonds is 14. The molecule has 1 aliphatic rings. The maximum atomic E-state index is 14.7. The summed E-state index contributed by atoms with van der Waals surface area (Å²) >= 11 is 1.07. The van der Waals surface area contributed by atoms with Gasteiger partial charge in [0.05, 0.1) is 21.5 Å². The van der Waals surface area contributed by atoms with Crippen molar-refractivity contribution in [2.24, 2.45) is 22.5 Å². The number of nitrogens with one attached hydrogen (secondary N) is 1. The summed E-state index contributed by atoms with van der Waals surface area (Å²) in [5.74, 6) is 3.83. The van der Waals surface area contributed by atoms with E-state index in [2.05, 4.69) is 11.8 Å². The monoisotopic (exact) mass is 614 g/mol.